The lowest BCUT2D eigenvalue weighted by atomic mass is 10.0. The third-order valence-electron chi connectivity index (χ3n) is 2.97. The van der Waals surface area contributed by atoms with E-state index in [0.29, 0.717) is 22.3 Å². The predicted molar refractivity (Wildman–Crippen MR) is 63.4 cm³/mol. The van der Waals surface area contributed by atoms with Crippen LogP contribution in [0.4, 0.5) is 0 Å². The zero-order valence-electron chi connectivity index (χ0n) is 9.32. The zero-order valence-corrected chi connectivity index (χ0v) is 9.32. The van der Waals surface area contributed by atoms with Gasteiger partial charge in [-0.15, -0.1) is 0 Å². The lowest BCUT2D eigenvalue weighted by molar-refractivity contribution is 0.112. The van der Waals surface area contributed by atoms with E-state index in [1.54, 1.807) is 13.0 Å². The molecule has 3 rings (SSSR count). The Balaban J connectivity index is 2.46. The number of hydrogen-bond donors (Lipinski definition) is 1. The molecule has 1 N–H and O–H groups in total. The summed E-state index contributed by atoms with van der Waals surface area (Å²) in [6, 6.07) is 5.20. The van der Waals surface area contributed by atoms with Gasteiger partial charge in [0.1, 0.15) is 11.3 Å². The lowest BCUT2D eigenvalue weighted by Gasteiger charge is -2.06. The quantitative estimate of drug-likeness (QED) is 0.626. The Morgan fingerprint density at radius 3 is 2.88 bits per heavy atom. The number of aldehydes is 1. The largest absolute Gasteiger partial charge is 0.460 e. The van der Waals surface area contributed by atoms with Gasteiger partial charge < -0.3 is 9.73 Å². The maximum absolute atomic E-state index is 12.0. The van der Waals surface area contributed by atoms with E-state index in [2.05, 4.69) is 5.32 Å². The van der Waals surface area contributed by atoms with Crippen LogP contribution in [0.25, 0.3) is 11.0 Å². The van der Waals surface area contributed by atoms with Crippen LogP contribution in [0.1, 0.15) is 27.7 Å². The van der Waals surface area contributed by atoms with Crippen LogP contribution >= 0.6 is 0 Å². The second-order valence-electron chi connectivity index (χ2n) is 4.25. The van der Waals surface area contributed by atoms with E-state index in [1.165, 1.54) is 6.07 Å². The maximum Gasteiger partial charge on any atom is 0.193 e. The number of carbonyl (C=O) groups excluding carboxylic acids is 1. The van der Waals surface area contributed by atoms with Crippen molar-refractivity contribution in [2.45, 2.75) is 13.0 Å². The molecule has 4 nitrogen and oxygen atoms in total. The van der Waals surface area contributed by atoms with Crippen LogP contribution in [-0.2, 0) is 0 Å². The third kappa shape index (κ3) is 1.57. The molecule has 1 saturated heterocycles. The van der Waals surface area contributed by atoms with Crippen LogP contribution in [0.15, 0.2) is 27.4 Å². The third-order valence-corrected chi connectivity index (χ3v) is 2.97. The highest BCUT2D eigenvalue weighted by molar-refractivity contribution is 5.96. The molecule has 0 radical (unpaired) electrons. The fourth-order valence-electron chi connectivity index (χ4n) is 2.09. The molecule has 2 aromatic rings. The Labute approximate surface area is 97.2 Å². The second-order valence-corrected chi connectivity index (χ2v) is 4.25. The van der Waals surface area contributed by atoms with E-state index in [4.69, 9.17) is 4.42 Å². The van der Waals surface area contributed by atoms with Gasteiger partial charge in [0, 0.05) is 18.7 Å². The Hall–Kier alpha value is -1.94. The number of carbonyl (C=O) groups is 1. The van der Waals surface area contributed by atoms with Crippen LogP contribution in [0.2, 0.25) is 0 Å². The van der Waals surface area contributed by atoms with E-state index in [1.807, 2.05) is 6.07 Å². The van der Waals surface area contributed by atoms with Gasteiger partial charge in [0.05, 0.1) is 10.9 Å². The summed E-state index contributed by atoms with van der Waals surface area (Å²) in [5, 5.41) is 3.68. The minimum absolute atomic E-state index is 0.0869. The molecule has 86 valence electrons. The molecule has 2 heterocycles. The van der Waals surface area contributed by atoms with Crippen LogP contribution in [0.5, 0.6) is 0 Å². The van der Waals surface area contributed by atoms with Gasteiger partial charge in [-0.05, 0) is 18.6 Å². The second kappa shape index (κ2) is 3.53. The molecule has 0 aliphatic carbocycles. The fraction of sp³-hybridized carbons (Fsp3) is 0.231. The molecule has 0 spiro atoms. The summed E-state index contributed by atoms with van der Waals surface area (Å²) in [5.41, 5.74) is 1.65. The summed E-state index contributed by atoms with van der Waals surface area (Å²) >= 11 is 0. The molecular formula is C13H11NO3. The van der Waals surface area contributed by atoms with Gasteiger partial charge in [-0.2, -0.15) is 0 Å². The average Bonchev–Trinajstić information content (AvgIpc) is 3.11. The van der Waals surface area contributed by atoms with Crippen LogP contribution < -0.4 is 10.7 Å². The highest BCUT2D eigenvalue weighted by Crippen LogP contribution is 2.29. The molecule has 1 atom stereocenters. The summed E-state index contributed by atoms with van der Waals surface area (Å²) in [5.74, 6) is 0.520. The van der Waals surface area contributed by atoms with Crippen molar-refractivity contribution in [1.82, 2.24) is 5.32 Å². The molecule has 4 heteroatoms. The first-order chi connectivity index (χ1) is 8.20. The zero-order chi connectivity index (χ0) is 12.0. The van der Waals surface area contributed by atoms with Crippen LogP contribution in [0, 0.1) is 6.92 Å². The van der Waals surface area contributed by atoms with Crippen molar-refractivity contribution < 1.29 is 9.21 Å². The lowest BCUT2D eigenvalue weighted by Crippen LogP contribution is -2.06. The van der Waals surface area contributed by atoms with Crippen molar-refractivity contribution in [1.29, 1.82) is 0 Å². The molecule has 0 saturated carbocycles. The summed E-state index contributed by atoms with van der Waals surface area (Å²) in [6.07, 6.45) is 0.717. The molecule has 1 aromatic carbocycles. The Morgan fingerprint density at radius 2 is 2.24 bits per heavy atom. The first-order valence-corrected chi connectivity index (χ1v) is 5.46. The summed E-state index contributed by atoms with van der Waals surface area (Å²) in [6.45, 7) is 2.57. The fourth-order valence-corrected chi connectivity index (χ4v) is 2.09. The summed E-state index contributed by atoms with van der Waals surface area (Å²) in [4.78, 5) is 23.0. The number of hydrogen-bond acceptors (Lipinski definition) is 4. The molecule has 1 aromatic heterocycles. The predicted octanol–water partition coefficient (Wildman–Crippen LogP) is 1.56. The molecule has 0 bridgehead atoms. The minimum atomic E-state index is -0.0869. The van der Waals surface area contributed by atoms with Crippen molar-refractivity contribution >= 4 is 17.3 Å². The van der Waals surface area contributed by atoms with Gasteiger partial charge in [0.2, 0.25) is 0 Å². The van der Waals surface area contributed by atoms with E-state index in [0.717, 1.165) is 18.4 Å². The van der Waals surface area contributed by atoms with Crippen LogP contribution in [-0.4, -0.2) is 12.8 Å². The molecule has 1 unspecified atom stereocenters. The smallest absolute Gasteiger partial charge is 0.193 e. The Kier molecular flexibility index (Phi) is 2.12. The van der Waals surface area contributed by atoms with Crippen molar-refractivity contribution in [2.24, 2.45) is 0 Å². The molecular weight excluding hydrogens is 218 g/mol. The van der Waals surface area contributed by atoms with Gasteiger partial charge >= 0.3 is 0 Å². The van der Waals surface area contributed by atoms with Gasteiger partial charge in [0.15, 0.2) is 11.7 Å². The molecule has 17 heavy (non-hydrogen) atoms. The van der Waals surface area contributed by atoms with Gasteiger partial charge in [-0.25, -0.2) is 0 Å². The Bertz CT molecular complexity index is 668. The molecule has 1 aliphatic heterocycles. The standard InChI is InChI=1S/C13H11NO3/c1-7-4-11(16)12-9(10-5-14-10)3-2-8(6-15)13(12)17-7/h2-4,6,10,14H,5H2,1H3. The summed E-state index contributed by atoms with van der Waals surface area (Å²) in [7, 11) is 0. The number of fused-ring (bicyclic) bond motifs is 1. The van der Waals surface area contributed by atoms with Crippen molar-refractivity contribution in [3.8, 4) is 0 Å². The monoisotopic (exact) mass is 229 g/mol. The number of nitrogens with one attached hydrogen (secondary N) is 1. The van der Waals surface area contributed by atoms with Crippen molar-refractivity contribution in [3.05, 3.63) is 45.3 Å². The topological polar surface area (TPSA) is 69.2 Å². The van der Waals surface area contributed by atoms with Crippen molar-refractivity contribution in [3.63, 3.8) is 0 Å². The number of benzene rings is 1. The molecule has 1 aliphatic rings. The molecule has 0 amide bonds. The highest BCUT2D eigenvalue weighted by Gasteiger charge is 2.26. The summed E-state index contributed by atoms with van der Waals surface area (Å²) < 4.78 is 5.52. The highest BCUT2D eigenvalue weighted by atomic mass is 16.3. The first-order valence-electron chi connectivity index (χ1n) is 5.46. The van der Waals surface area contributed by atoms with Crippen molar-refractivity contribution in [2.75, 3.05) is 6.54 Å². The van der Waals surface area contributed by atoms with Gasteiger partial charge in [0.25, 0.3) is 0 Å². The van der Waals surface area contributed by atoms with E-state index < -0.39 is 0 Å². The van der Waals surface area contributed by atoms with Gasteiger partial charge in [-0.3, -0.25) is 9.59 Å². The number of aryl methyl sites for hydroxylation is 1. The van der Waals surface area contributed by atoms with Gasteiger partial charge in [-0.1, -0.05) is 6.07 Å². The normalized spacial score (nSPS) is 18.3. The Morgan fingerprint density at radius 1 is 1.47 bits per heavy atom. The first kappa shape index (κ1) is 10.2. The van der Waals surface area contributed by atoms with Crippen LogP contribution in [0.3, 0.4) is 0 Å². The van der Waals surface area contributed by atoms with E-state index in [-0.39, 0.29) is 11.5 Å². The molecule has 1 fully saturated rings. The number of rotatable bonds is 2. The average molecular weight is 229 g/mol. The van der Waals surface area contributed by atoms with E-state index >= 15 is 0 Å². The minimum Gasteiger partial charge on any atom is -0.460 e. The SMILES string of the molecule is Cc1cc(=O)c2c(C3CN3)ccc(C=O)c2o1. The maximum atomic E-state index is 12.0. The van der Waals surface area contributed by atoms with E-state index in [9.17, 15) is 9.59 Å².